The second kappa shape index (κ2) is 8.15. The molecule has 0 bridgehead atoms. The van der Waals surface area contributed by atoms with Crippen LogP contribution in [-0.2, 0) is 6.54 Å². The van der Waals surface area contributed by atoms with E-state index in [9.17, 15) is 0 Å². The van der Waals surface area contributed by atoms with Crippen LogP contribution in [0.2, 0.25) is 0 Å². The molecule has 0 saturated carbocycles. The molecule has 0 radical (unpaired) electrons. The van der Waals surface area contributed by atoms with Gasteiger partial charge in [0.15, 0.2) is 0 Å². The standard InChI is InChI=1S/C14H19N3OS.2ClH/c1-10(15)11-4-5-17(7-11)8-12-9-18-14(16-12)13-3-2-6-19-13;;/h2-3,6,9-11H,4-5,7-8,15H2,1H3;2*1H. The molecule has 2 unspecified atom stereocenters. The van der Waals surface area contributed by atoms with Gasteiger partial charge in [0.25, 0.3) is 0 Å². The lowest BCUT2D eigenvalue weighted by molar-refractivity contribution is 0.305. The van der Waals surface area contributed by atoms with Crippen LogP contribution in [-0.4, -0.2) is 29.0 Å². The number of nitrogens with two attached hydrogens (primary N) is 1. The molecule has 0 aromatic carbocycles. The predicted octanol–water partition coefficient (Wildman–Crippen LogP) is 3.42. The van der Waals surface area contributed by atoms with Gasteiger partial charge in [-0.2, -0.15) is 0 Å². The zero-order chi connectivity index (χ0) is 13.2. The fourth-order valence-electron chi connectivity index (χ4n) is 2.56. The molecule has 1 aliphatic rings. The van der Waals surface area contributed by atoms with Gasteiger partial charge >= 0.3 is 0 Å². The Morgan fingerprint density at radius 2 is 2.33 bits per heavy atom. The largest absolute Gasteiger partial charge is 0.444 e. The summed E-state index contributed by atoms with van der Waals surface area (Å²) in [5.74, 6) is 1.34. The van der Waals surface area contributed by atoms with Gasteiger partial charge in [0.1, 0.15) is 6.26 Å². The van der Waals surface area contributed by atoms with Gasteiger partial charge in [-0.15, -0.1) is 36.2 Å². The van der Waals surface area contributed by atoms with Crippen molar-refractivity contribution in [2.45, 2.75) is 25.9 Å². The number of nitrogens with zero attached hydrogens (tertiary/aromatic N) is 2. The Balaban J connectivity index is 0.00000110. The van der Waals surface area contributed by atoms with E-state index in [0.717, 1.165) is 36.1 Å². The highest BCUT2D eigenvalue weighted by Crippen LogP contribution is 2.25. The van der Waals surface area contributed by atoms with Crippen LogP contribution in [0.1, 0.15) is 19.0 Å². The first kappa shape index (κ1) is 18.5. The van der Waals surface area contributed by atoms with E-state index in [4.69, 9.17) is 10.2 Å². The lowest BCUT2D eigenvalue weighted by atomic mass is 10.0. The van der Waals surface area contributed by atoms with Crippen LogP contribution in [0, 0.1) is 5.92 Å². The van der Waals surface area contributed by atoms with Crippen LogP contribution in [0.3, 0.4) is 0 Å². The molecule has 0 aliphatic carbocycles. The van der Waals surface area contributed by atoms with Crippen LogP contribution in [0.15, 0.2) is 28.2 Å². The average molecular weight is 350 g/mol. The summed E-state index contributed by atoms with van der Waals surface area (Å²) in [5.41, 5.74) is 6.97. The number of likely N-dealkylation sites (tertiary alicyclic amines) is 1. The monoisotopic (exact) mass is 349 g/mol. The van der Waals surface area contributed by atoms with E-state index in [2.05, 4.69) is 16.8 Å². The Labute approximate surface area is 141 Å². The van der Waals surface area contributed by atoms with Gasteiger partial charge in [0, 0.05) is 19.1 Å². The van der Waals surface area contributed by atoms with E-state index < -0.39 is 0 Å². The van der Waals surface area contributed by atoms with Crippen molar-refractivity contribution in [3.8, 4) is 10.8 Å². The first-order chi connectivity index (χ1) is 9.22. The van der Waals surface area contributed by atoms with Crippen molar-refractivity contribution in [3.05, 3.63) is 29.5 Å². The van der Waals surface area contributed by atoms with Crippen molar-refractivity contribution in [2.75, 3.05) is 13.1 Å². The van der Waals surface area contributed by atoms with Crippen LogP contribution < -0.4 is 5.73 Å². The molecule has 2 aromatic rings. The van der Waals surface area contributed by atoms with Crippen molar-refractivity contribution < 1.29 is 4.42 Å². The summed E-state index contributed by atoms with van der Waals surface area (Å²) in [6.45, 7) is 5.13. The van der Waals surface area contributed by atoms with Crippen molar-refractivity contribution in [3.63, 3.8) is 0 Å². The smallest absolute Gasteiger partial charge is 0.236 e. The molecule has 0 spiro atoms. The summed E-state index contributed by atoms with van der Waals surface area (Å²) in [5, 5.41) is 2.03. The van der Waals surface area contributed by atoms with Gasteiger partial charge in [0.2, 0.25) is 5.89 Å². The van der Waals surface area contributed by atoms with E-state index >= 15 is 0 Å². The zero-order valence-electron chi connectivity index (χ0n) is 11.9. The number of halogens is 2. The van der Waals surface area contributed by atoms with Crippen LogP contribution >= 0.6 is 36.2 Å². The number of rotatable bonds is 4. The lowest BCUT2D eigenvalue weighted by Crippen LogP contribution is -2.29. The van der Waals surface area contributed by atoms with Crippen molar-refractivity contribution in [1.82, 2.24) is 9.88 Å². The van der Waals surface area contributed by atoms with E-state index in [1.807, 2.05) is 17.5 Å². The van der Waals surface area contributed by atoms with Gasteiger partial charge in [-0.3, -0.25) is 4.90 Å². The highest BCUT2D eigenvalue weighted by molar-refractivity contribution is 7.13. The fraction of sp³-hybridized carbons (Fsp3) is 0.500. The van der Waals surface area contributed by atoms with Gasteiger partial charge in [-0.1, -0.05) is 6.07 Å². The molecule has 118 valence electrons. The summed E-state index contributed by atoms with van der Waals surface area (Å²) >= 11 is 1.65. The minimum Gasteiger partial charge on any atom is -0.444 e. The first-order valence-electron chi connectivity index (χ1n) is 6.68. The second-order valence-corrected chi connectivity index (χ2v) is 6.21. The maximum atomic E-state index is 5.96. The number of oxazole rings is 1. The summed E-state index contributed by atoms with van der Waals surface area (Å²) in [4.78, 5) is 8.05. The molecule has 3 heterocycles. The number of thiophene rings is 1. The van der Waals surface area contributed by atoms with Crippen molar-refractivity contribution >= 4 is 36.2 Å². The zero-order valence-corrected chi connectivity index (χ0v) is 14.3. The third kappa shape index (κ3) is 4.44. The normalized spacial score (nSPS) is 19.8. The third-order valence-electron chi connectivity index (χ3n) is 3.72. The Morgan fingerprint density at radius 3 is 2.95 bits per heavy atom. The van der Waals surface area contributed by atoms with Crippen molar-refractivity contribution in [2.24, 2.45) is 11.7 Å². The van der Waals surface area contributed by atoms with E-state index in [-0.39, 0.29) is 30.9 Å². The lowest BCUT2D eigenvalue weighted by Gasteiger charge is -2.16. The molecule has 3 rings (SSSR count). The second-order valence-electron chi connectivity index (χ2n) is 5.26. The van der Waals surface area contributed by atoms with Gasteiger partial charge in [0.05, 0.1) is 10.6 Å². The van der Waals surface area contributed by atoms with E-state index in [1.54, 1.807) is 17.6 Å². The number of hydrogen-bond donors (Lipinski definition) is 1. The topological polar surface area (TPSA) is 55.3 Å². The third-order valence-corrected chi connectivity index (χ3v) is 4.58. The van der Waals surface area contributed by atoms with Gasteiger partial charge in [-0.25, -0.2) is 4.98 Å². The molecule has 2 aromatic heterocycles. The predicted molar refractivity (Wildman–Crippen MR) is 91.3 cm³/mol. The molecule has 1 saturated heterocycles. The molecule has 0 amide bonds. The van der Waals surface area contributed by atoms with Crippen LogP contribution in [0.25, 0.3) is 10.8 Å². The Bertz CT molecular complexity index is 530. The van der Waals surface area contributed by atoms with Crippen molar-refractivity contribution in [1.29, 1.82) is 0 Å². The summed E-state index contributed by atoms with van der Waals surface area (Å²) in [6, 6.07) is 4.32. The molecule has 21 heavy (non-hydrogen) atoms. The Kier molecular flexibility index (Phi) is 7.16. The fourth-order valence-corrected chi connectivity index (χ4v) is 3.21. The molecule has 7 heteroatoms. The molecule has 1 fully saturated rings. The van der Waals surface area contributed by atoms with E-state index in [0.29, 0.717) is 5.92 Å². The molecular weight excluding hydrogens is 329 g/mol. The van der Waals surface area contributed by atoms with Crippen LogP contribution in [0.4, 0.5) is 0 Å². The molecule has 1 aliphatic heterocycles. The first-order valence-corrected chi connectivity index (χ1v) is 7.56. The quantitative estimate of drug-likeness (QED) is 0.918. The highest BCUT2D eigenvalue weighted by Gasteiger charge is 2.25. The summed E-state index contributed by atoms with van der Waals surface area (Å²) in [6.07, 6.45) is 2.96. The Hall–Kier alpha value is -0.590. The number of hydrogen-bond acceptors (Lipinski definition) is 5. The Morgan fingerprint density at radius 1 is 1.52 bits per heavy atom. The van der Waals surface area contributed by atoms with E-state index in [1.165, 1.54) is 6.42 Å². The SMILES string of the molecule is CC(N)C1CCN(Cc2coc(-c3cccs3)n2)C1.Cl.Cl. The maximum absolute atomic E-state index is 5.96. The average Bonchev–Trinajstić information content (AvgIpc) is 3.09. The van der Waals surface area contributed by atoms with Gasteiger partial charge in [-0.05, 0) is 37.3 Å². The molecule has 2 N–H and O–H groups in total. The van der Waals surface area contributed by atoms with Crippen LogP contribution in [0.5, 0.6) is 0 Å². The number of aromatic nitrogens is 1. The minimum atomic E-state index is 0. The minimum absolute atomic E-state index is 0. The molecule has 2 atom stereocenters. The molecule has 4 nitrogen and oxygen atoms in total. The summed E-state index contributed by atoms with van der Waals surface area (Å²) < 4.78 is 5.54. The maximum Gasteiger partial charge on any atom is 0.236 e. The highest BCUT2D eigenvalue weighted by atomic mass is 35.5. The molecular formula is C14H21Cl2N3OS. The summed E-state index contributed by atoms with van der Waals surface area (Å²) in [7, 11) is 0. The van der Waals surface area contributed by atoms with Gasteiger partial charge < -0.3 is 10.2 Å².